The Bertz CT molecular complexity index is 636. The molecule has 26 heavy (non-hydrogen) atoms. The first-order valence-corrected chi connectivity index (χ1v) is 8.70. The summed E-state index contributed by atoms with van der Waals surface area (Å²) in [5.41, 5.74) is 1.47. The van der Waals surface area contributed by atoms with Crippen LogP contribution in [0.1, 0.15) is 30.9 Å². The van der Waals surface area contributed by atoms with Gasteiger partial charge in [-0.3, -0.25) is 4.99 Å². The predicted octanol–water partition coefficient (Wildman–Crippen LogP) is 2.59. The van der Waals surface area contributed by atoms with Crippen LogP contribution in [0.3, 0.4) is 0 Å². The number of hydrogen-bond acceptors (Lipinski definition) is 4. The number of hydrogen-bond donors (Lipinski definition) is 2. The third-order valence-corrected chi connectivity index (χ3v) is 4.59. The van der Waals surface area contributed by atoms with Crippen LogP contribution in [0.15, 0.2) is 17.1 Å². The molecule has 146 valence electrons. The average Bonchev–Trinajstić information content (AvgIpc) is 3.04. The number of halogens is 2. The van der Waals surface area contributed by atoms with Gasteiger partial charge in [-0.05, 0) is 43.9 Å². The van der Waals surface area contributed by atoms with Crippen LogP contribution in [-0.2, 0) is 22.5 Å². The summed E-state index contributed by atoms with van der Waals surface area (Å²) in [5, 5.41) is 6.56. The highest BCUT2D eigenvalue weighted by Crippen LogP contribution is 2.29. The van der Waals surface area contributed by atoms with Gasteiger partial charge in [-0.25, -0.2) is 4.39 Å². The molecule has 0 amide bonds. The van der Waals surface area contributed by atoms with E-state index >= 15 is 0 Å². The second-order valence-corrected chi connectivity index (χ2v) is 6.67. The third kappa shape index (κ3) is 5.43. The molecular formula is C18H27FIN3O3. The lowest BCUT2D eigenvalue weighted by Crippen LogP contribution is -2.46. The Morgan fingerprint density at radius 1 is 1.35 bits per heavy atom. The molecule has 0 spiro atoms. The topological polar surface area (TPSA) is 64.1 Å². The van der Waals surface area contributed by atoms with E-state index in [9.17, 15) is 4.39 Å². The molecule has 1 unspecified atom stereocenters. The van der Waals surface area contributed by atoms with Gasteiger partial charge in [-0.15, -0.1) is 24.0 Å². The van der Waals surface area contributed by atoms with E-state index < -0.39 is 0 Å². The monoisotopic (exact) mass is 479 g/mol. The van der Waals surface area contributed by atoms with Gasteiger partial charge in [0.15, 0.2) is 12.8 Å². The van der Waals surface area contributed by atoms with Gasteiger partial charge in [0.25, 0.3) is 0 Å². The molecule has 2 aliphatic heterocycles. The second kappa shape index (κ2) is 9.70. The minimum atomic E-state index is -0.267. The summed E-state index contributed by atoms with van der Waals surface area (Å²) in [6.45, 7) is 4.85. The lowest BCUT2D eigenvalue weighted by molar-refractivity contribution is -0.0172. The fraction of sp³-hybridized carbons (Fsp3) is 0.611. The summed E-state index contributed by atoms with van der Waals surface area (Å²) in [6.07, 6.45) is 2.78. The first kappa shape index (κ1) is 21.2. The van der Waals surface area contributed by atoms with Crippen molar-refractivity contribution in [3.05, 3.63) is 29.1 Å². The molecule has 1 saturated heterocycles. The van der Waals surface area contributed by atoms with Crippen molar-refractivity contribution in [2.45, 2.75) is 38.4 Å². The molecule has 1 aromatic rings. The summed E-state index contributed by atoms with van der Waals surface area (Å²) in [7, 11) is 1.73. The van der Waals surface area contributed by atoms with Crippen LogP contribution in [0, 0.1) is 5.82 Å². The van der Waals surface area contributed by atoms with Crippen LogP contribution in [-0.4, -0.2) is 45.1 Å². The molecule has 0 aliphatic carbocycles. The predicted molar refractivity (Wildman–Crippen MR) is 109 cm³/mol. The molecule has 0 radical (unpaired) electrons. The van der Waals surface area contributed by atoms with Crippen molar-refractivity contribution >= 4 is 29.9 Å². The smallest absolute Gasteiger partial charge is 0.191 e. The maximum atomic E-state index is 13.8. The van der Waals surface area contributed by atoms with Crippen LogP contribution in [0.25, 0.3) is 0 Å². The van der Waals surface area contributed by atoms with Crippen LogP contribution < -0.4 is 15.4 Å². The standard InChI is InChI=1S/C18H26FN3O3.HI/c1-18(5-3-7-25-18)11-22-17(20-2)21-6-4-13-8-15(19)9-14-10-23-12-24-16(13)14;/h8-9H,3-7,10-12H2,1-2H3,(H2,20,21,22);1H. The van der Waals surface area contributed by atoms with Crippen molar-refractivity contribution in [1.29, 1.82) is 0 Å². The lowest BCUT2D eigenvalue weighted by Gasteiger charge is -2.25. The van der Waals surface area contributed by atoms with Crippen molar-refractivity contribution in [2.24, 2.45) is 4.99 Å². The zero-order chi connectivity index (χ0) is 17.7. The first-order valence-electron chi connectivity index (χ1n) is 8.70. The highest BCUT2D eigenvalue weighted by atomic mass is 127. The van der Waals surface area contributed by atoms with E-state index in [2.05, 4.69) is 22.5 Å². The van der Waals surface area contributed by atoms with Gasteiger partial charge in [0.05, 0.1) is 12.2 Å². The van der Waals surface area contributed by atoms with E-state index in [0.29, 0.717) is 32.1 Å². The van der Waals surface area contributed by atoms with E-state index in [1.807, 2.05) is 0 Å². The van der Waals surface area contributed by atoms with Crippen molar-refractivity contribution < 1.29 is 18.6 Å². The zero-order valence-electron chi connectivity index (χ0n) is 15.3. The van der Waals surface area contributed by atoms with Gasteiger partial charge in [0.2, 0.25) is 0 Å². The summed E-state index contributed by atoms with van der Waals surface area (Å²) >= 11 is 0. The molecule has 2 aliphatic rings. The minimum Gasteiger partial charge on any atom is -0.467 e. The number of nitrogens with zero attached hydrogens (tertiary/aromatic N) is 1. The van der Waals surface area contributed by atoms with Crippen LogP contribution in [0.5, 0.6) is 5.75 Å². The molecule has 0 aromatic heterocycles. The molecule has 1 aromatic carbocycles. The molecule has 1 atom stereocenters. The fourth-order valence-corrected chi connectivity index (χ4v) is 3.23. The van der Waals surface area contributed by atoms with E-state index in [1.54, 1.807) is 7.05 Å². The Labute approximate surface area is 170 Å². The Morgan fingerprint density at radius 3 is 2.92 bits per heavy atom. The molecule has 2 heterocycles. The van der Waals surface area contributed by atoms with Gasteiger partial charge in [0.1, 0.15) is 11.6 Å². The van der Waals surface area contributed by atoms with E-state index in [4.69, 9.17) is 14.2 Å². The van der Waals surface area contributed by atoms with Crippen molar-refractivity contribution in [1.82, 2.24) is 10.6 Å². The van der Waals surface area contributed by atoms with E-state index in [1.165, 1.54) is 12.1 Å². The first-order chi connectivity index (χ1) is 12.1. The van der Waals surface area contributed by atoms with Gasteiger partial charge in [-0.2, -0.15) is 0 Å². The quantitative estimate of drug-likeness (QED) is 0.386. The third-order valence-electron chi connectivity index (χ3n) is 4.59. The largest absolute Gasteiger partial charge is 0.467 e. The Balaban J connectivity index is 0.00000243. The van der Waals surface area contributed by atoms with Crippen LogP contribution in [0.4, 0.5) is 4.39 Å². The summed E-state index contributed by atoms with van der Waals surface area (Å²) < 4.78 is 30.3. The summed E-state index contributed by atoms with van der Waals surface area (Å²) in [4.78, 5) is 4.23. The number of ether oxygens (including phenoxy) is 3. The minimum absolute atomic E-state index is 0. The summed E-state index contributed by atoms with van der Waals surface area (Å²) in [6, 6.07) is 2.99. The maximum Gasteiger partial charge on any atom is 0.191 e. The van der Waals surface area contributed by atoms with Crippen molar-refractivity contribution in [3.63, 3.8) is 0 Å². The normalized spacial score (nSPS) is 22.2. The van der Waals surface area contributed by atoms with Gasteiger partial charge >= 0.3 is 0 Å². The summed E-state index contributed by atoms with van der Waals surface area (Å²) in [5.74, 6) is 1.19. The lowest BCUT2D eigenvalue weighted by atomic mass is 10.0. The molecule has 0 bridgehead atoms. The number of aliphatic imine (C=N–C) groups is 1. The Kier molecular flexibility index (Phi) is 7.90. The molecule has 1 fully saturated rings. The molecular weight excluding hydrogens is 452 g/mol. The second-order valence-electron chi connectivity index (χ2n) is 6.67. The molecule has 3 rings (SSSR count). The van der Waals surface area contributed by atoms with Crippen molar-refractivity contribution in [2.75, 3.05) is 33.5 Å². The van der Waals surface area contributed by atoms with Gasteiger partial charge in [-0.1, -0.05) is 0 Å². The van der Waals surface area contributed by atoms with Crippen LogP contribution >= 0.6 is 24.0 Å². The number of fused-ring (bicyclic) bond motifs is 1. The number of rotatable bonds is 5. The highest BCUT2D eigenvalue weighted by molar-refractivity contribution is 14.0. The van der Waals surface area contributed by atoms with E-state index in [0.717, 1.165) is 36.3 Å². The number of benzene rings is 1. The maximum absolute atomic E-state index is 13.8. The zero-order valence-corrected chi connectivity index (χ0v) is 17.6. The van der Waals surface area contributed by atoms with E-state index in [-0.39, 0.29) is 42.2 Å². The molecule has 6 nitrogen and oxygen atoms in total. The van der Waals surface area contributed by atoms with Crippen molar-refractivity contribution in [3.8, 4) is 5.75 Å². The number of guanidine groups is 1. The van der Waals surface area contributed by atoms with Gasteiger partial charge in [0, 0.05) is 32.3 Å². The Hall–Kier alpha value is -1.13. The fourth-order valence-electron chi connectivity index (χ4n) is 3.23. The van der Waals surface area contributed by atoms with Crippen LogP contribution in [0.2, 0.25) is 0 Å². The molecule has 8 heteroatoms. The molecule has 2 N–H and O–H groups in total. The molecule has 0 saturated carbocycles. The SMILES string of the molecule is CN=C(NCCc1cc(F)cc2c1OCOC2)NCC1(C)CCCO1.I. The van der Waals surface area contributed by atoms with Gasteiger partial charge < -0.3 is 24.8 Å². The highest BCUT2D eigenvalue weighted by Gasteiger charge is 2.29. The number of nitrogens with one attached hydrogen (secondary N) is 2. The average molecular weight is 479 g/mol. The Morgan fingerprint density at radius 2 is 2.19 bits per heavy atom.